The number of rotatable bonds is 3. The molecule has 0 amide bonds. The monoisotopic (exact) mass is 303 g/mol. The Hall–Kier alpha value is -1.11. The second-order valence-corrected chi connectivity index (χ2v) is 6.60. The van der Waals surface area contributed by atoms with Crippen LogP contribution in [0.25, 0.3) is 0 Å². The minimum absolute atomic E-state index is 0.193. The smallest absolute Gasteiger partial charge is 0.341 e. The van der Waals surface area contributed by atoms with Crippen LogP contribution < -0.4 is 5.32 Å². The Bertz CT molecular complexity index is 546. The summed E-state index contributed by atoms with van der Waals surface area (Å²) >= 11 is 5.99. The summed E-state index contributed by atoms with van der Waals surface area (Å²) in [6, 6.07) is 7.99. The number of benzene rings is 1. The van der Waals surface area contributed by atoms with Crippen LogP contribution in [0.15, 0.2) is 30.3 Å². The van der Waals surface area contributed by atoms with Crippen molar-refractivity contribution in [2.24, 2.45) is 0 Å². The van der Waals surface area contributed by atoms with Gasteiger partial charge in [0.1, 0.15) is 5.25 Å². The number of nitrogens with one attached hydrogen (secondary N) is 1. The molecular weight excluding hydrogens is 290 g/mol. The van der Waals surface area contributed by atoms with Crippen LogP contribution in [0.2, 0.25) is 0 Å². The maximum atomic E-state index is 12.0. The lowest BCUT2D eigenvalue weighted by Crippen LogP contribution is -2.47. The van der Waals surface area contributed by atoms with Gasteiger partial charge in [0.2, 0.25) is 0 Å². The maximum absolute atomic E-state index is 12.0. The van der Waals surface area contributed by atoms with Crippen molar-refractivity contribution in [1.29, 1.82) is 0 Å². The van der Waals surface area contributed by atoms with E-state index in [1.165, 1.54) is 12.1 Å². The molecule has 19 heavy (non-hydrogen) atoms. The van der Waals surface area contributed by atoms with E-state index in [0.29, 0.717) is 13.0 Å². The van der Waals surface area contributed by atoms with Crippen molar-refractivity contribution in [3.8, 4) is 0 Å². The molecule has 0 aliphatic carbocycles. The van der Waals surface area contributed by atoms with Gasteiger partial charge in [0.25, 0.3) is 0 Å². The zero-order valence-corrected chi connectivity index (χ0v) is 11.7. The SMILES string of the molecule is O=C(OS(=O)(=O)C1CNCCC1Cl)c1ccccc1. The fourth-order valence-electron chi connectivity index (χ4n) is 1.87. The fraction of sp³-hybridized carbons (Fsp3) is 0.417. The standard InChI is InChI=1S/C12H14ClNO4S/c13-10-6-7-14-8-11(10)19(16,17)18-12(15)9-4-2-1-3-5-9/h1-5,10-11,14H,6-8H2. The van der Waals surface area contributed by atoms with Gasteiger partial charge in [-0.1, -0.05) is 18.2 Å². The minimum atomic E-state index is -4.02. The zero-order valence-electron chi connectivity index (χ0n) is 10.1. The van der Waals surface area contributed by atoms with Crippen LogP contribution in [0.4, 0.5) is 0 Å². The number of piperidine rings is 1. The van der Waals surface area contributed by atoms with Gasteiger partial charge in [-0.3, -0.25) is 0 Å². The third-order valence-corrected chi connectivity index (χ3v) is 5.21. The lowest BCUT2D eigenvalue weighted by Gasteiger charge is -2.26. The molecule has 1 saturated heterocycles. The van der Waals surface area contributed by atoms with Gasteiger partial charge in [-0.25, -0.2) is 4.79 Å². The summed E-state index contributed by atoms with van der Waals surface area (Å²) in [5, 5.41) is 1.48. The first kappa shape index (κ1) is 14.3. The quantitative estimate of drug-likeness (QED) is 0.670. The number of halogens is 1. The Labute approximate surface area is 117 Å². The molecular formula is C12H14ClNO4S. The molecule has 1 aromatic rings. The van der Waals surface area contributed by atoms with Crippen LogP contribution in [0, 0.1) is 0 Å². The van der Waals surface area contributed by atoms with Gasteiger partial charge in [0.15, 0.2) is 0 Å². The Morgan fingerprint density at radius 1 is 1.32 bits per heavy atom. The summed E-state index contributed by atoms with van der Waals surface area (Å²) < 4.78 is 28.7. The number of alkyl halides is 1. The van der Waals surface area contributed by atoms with Gasteiger partial charge >= 0.3 is 16.1 Å². The van der Waals surface area contributed by atoms with Gasteiger partial charge in [-0.2, -0.15) is 8.42 Å². The lowest BCUT2D eigenvalue weighted by atomic mass is 10.1. The van der Waals surface area contributed by atoms with Gasteiger partial charge < -0.3 is 9.50 Å². The normalized spacial score (nSPS) is 23.8. The highest BCUT2D eigenvalue weighted by Crippen LogP contribution is 2.20. The van der Waals surface area contributed by atoms with Gasteiger partial charge in [-0.05, 0) is 25.1 Å². The summed E-state index contributed by atoms with van der Waals surface area (Å²) in [6.07, 6.45) is 0.522. The number of hydrogen-bond acceptors (Lipinski definition) is 5. The number of carbonyl (C=O) groups excluding carboxylic acids is 1. The Morgan fingerprint density at radius 2 is 2.00 bits per heavy atom. The molecule has 1 aliphatic rings. The molecule has 2 atom stereocenters. The van der Waals surface area contributed by atoms with Gasteiger partial charge in [-0.15, -0.1) is 11.6 Å². The van der Waals surface area contributed by atoms with Crippen molar-refractivity contribution in [1.82, 2.24) is 5.32 Å². The molecule has 0 spiro atoms. The Balaban J connectivity index is 2.11. The predicted molar refractivity (Wildman–Crippen MR) is 71.7 cm³/mol. The molecule has 0 aromatic heterocycles. The van der Waals surface area contributed by atoms with Crippen LogP contribution in [0.1, 0.15) is 16.8 Å². The average Bonchev–Trinajstić information content (AvgIpc) is 2.39. The molecule has 5 nitrogen and oxygen atoms in total. The Morgan fingerprint density at radius 3 is 2.63 bits per heavy atom. The largest absolute Gasteiger partial charge is 0.353 e. The van der Waals surface area contributed by atoms with Crippen LogP contribution in [-0.4, -0.2) is 38.1 Å². The lowest BCUT2D eigenvalue weighted by molar-refractivity contribution is 0.0743. The van der Waals surface area contributed by atoms with E-state index in [1.807, 2.05) is 0 Å². The molecule has 1 fully saturated rings. The summed E-state index contributed by atoms with van der Waals surface area (Å²) in [5.41, 5.74) is 0.195. The van der Waals surface area contributed by atoms with E-state index >= 15 is 0 Å². The predicted octanol–water partition coefficient (Wildman–Crippen LogP) is 1.14. The summed E-state index contributed by atoms with van der Waals surface area (Å²) in [4.78, 5) is 11.7. The third-order valence-electron chi connectivity index (χ3n) is 2.92. The Kier molecular flexibility index (Phi) is 4.44. The van der Waals surface area contributed by atoms with Crippen molar-refractivity contribution in [3.63, 3.8) is 0 Å². The second kappa shape index (κ2) is 5.90. The van der Waals surface area contributed by atoms with Crippen LogP contribution in [0.5, 0.6) is 0 Å². The van der Waals surface area contributed by atoms with E-state index in [0.717, 1.165) is 0 Å². The third kappa shape index (κ3) is 3.46. The average molecular weight is 304 g/mol. The van der Waals surface area contributed by atoms with E-state index in [4.69, 9.17) is 11.6 Å². The maximum Gasteiger partial charge on any atom is 0.353 e. The van der Waals surface area contributed by atoms with Gasteiger partial charge in [0.05, 0.1) is 10.9 Å². The highest BCUT2D eigenvalue weighted by atomic mass is 35.5. The molecule has 2 unspecified atom stereocenters. The van der Waals surface area contributed by atoms with E-state index in [9.17, 15) is 13.2 Å². The highest BCUT2D eigenvalue weighted by molar-refractivity contribution is 7.88. The number of hydrogen-bond donors (Lipinski definition) is 1. The van der Waals surface area contributed by atoms with E-state index in [-0.39, 0.29) is 12.1 Å². The molecule has 7 heteroatoms. The summed E-state index contributed by atoms with van der Waals surface area (Å²) in [7, 11) is -4.02. The van der Waals surface area contributed by atoms with Crippen LogP contribution >= 0.6 is 11.6 Å². The minimum Gasteiger partial charge on any atom is -0.341 e. The van der Waals surface area contributed by atoms with Crippen molar-refractivity contribution in [2.45, 2.75) is 17.0 Å². The van der Waals surface area contributed by atoms with Crippen LogP contribution in [0.3, 0.4) is 0 Å². The number of carbonyl (C=O) groups is 1. The van der Waals surface area contributed by atoms with Crippen molar-refractivity contribution < 1.29 is 17.4 Å². The topological polar surface area (TPSA) is 72.5 Å². The van der Waals surface area contributed by atoms with Gasteiger partial charge in [0, 0.05) is 6.54 Å². The molecule has 2 rings (SSSR count). The second-order valence-electron chi connectivity index (χ2n) is 4.28. The highest BCUT2D eigenvalue weighted by Gasteiger charge is 2.37. The molecule has 1 heterocycles. The first-order valence-corrected chi connectivity index (χ1v) is 7.79. The zero-order chi connectivity index (χ0) is 13.9. The van der Waals surface area contributed by atoms with E-state index < -0.39 is 26.7 Å². The molecule has 0 saturated carbocycles. The van der Waals surface area contributed by atoms with E-state index in [1.54, 1.807) is 18.2 Å². The molecule has 1 N–H and O–H groups in total. The van der Waals surface area contributed by atoms with Crippen molar-refractivity contribution in [2.75, 3.05) is 13.1 Å². The summed E-state index contributed by atoms with van der Waals surface area (Å²) in [5.74, 6) is -0.880. The van der Waals surface area contributed by atoms with Crippen LogP contribution in [-0.2, 0) is 14.3 Å². The van der Waals surface area contributed by atoms with Crippen molar-refractivity contribution >= 4 is 27.7 Å². The molecule has 0 bridgehead atoms. The first-order chi connectivity index (χ1) is 9.00. The summed E-state index contributed by atoms with van der Waals surface area (Å²) in [6.45, 7) is 0.853. The molecule has 0 radical (unpaired) electrons. The van der Waals surface area contributed by atoms with Crippen molar-refractivity contribution in [3.05, 3.63) is 35.9 Å². The fourth-order valence-corrected chi connectivity index (χ4v) is 3.70. The molecule has 104 valence electrons. The molecule has 1 aromatic carbocycles. The van der Waals surface area contributed by atoms with E-state index in [2.05, 4.69) is 9.50 Å². The molecule has 1 aliphatic heterocycles. The first-order valence-electron chi connectivity index (χ1n) is 5.88.